The zero-order chi connectivity index (χ0) is 14.1. The van der Waals surface area contributed by atoms with Crippen LogP contribution in [0, 0.1) is 0 Å². The lowest BCUT2D eigenvalue weighted by Gasteiger charge is -2.36. The van der Waals surface area contributed by atoms with Crippen LogP contribution in [0.15, 0.2) is 18.2 Å². The fourth-order valence-corrected chi connectivity index (χ4v) is 2.89. The van der Waals surface area contributed by atoms with E-state index in [1.165, 1.54) is 18.4 Å². The van der Waals surface area contributed by atoms with Crippen molar-refractivity contribution in [3.8, 4) is 5.75 Å². The average Bonchev–Trinajstić information content (AvgIpc) is 3.31. The minimum absolute atomic E-state index is 0.167. The molecule has 1 aliphatic heterocycles. The molecule has 2 fully saturated rings. The molecular formula is C16H22N2O2. The monoisotopic (exact) mass is 274 g/mol. The number of amides is 1. The molecule has 1 aliphatic carbocycles. The number of ether oxygens (including phenoxy) is 1. The maximum Gasteiger partial charge on any atom is 0.219 e. The van der Waals surface area contributed by atoms with E-state index in [0.29, 0.717) is 0 Å². The Hall–Kier alpha value is -1.71. The first kappa shape index (κ1) is 13.3. The van der Waals surface area contributed by atoms with Crippen LogP contribution in [0.3, 0.4) is 0 Å². The van der Waals surface area contributed by atoms with Gasteiger partial charge in [-0.05, 0) is 36.5 Å². The molecular weight excluding hydrogens is 252 g/mol. The molecule has 0 N–H and O–H groups in total. The topological polar surface area (TPSA) is 32.8 Å². The van der Waals surface area contributed by atoms with E-state index in [-0.39, 0.29) is 5.91 Å². The second-order valence-corrected chi connectivity index (χ2v) is 5.70. The summed E-state index contributed by atoms with van der Waals surface area (Å²) < 4.78 is 5.57. The van der Waals surface area contributed by atoms with Gasteiger partial charge in [-0.25, -0.2) is 0 Å². The highest BCUT2D eigenvalue weighted by atomic mass is 16.5. The Labute approximate surface area is 120 Å². The minimum atomic E-state index is 0.167. The van der Waals surface area contributed by atoms with Crippen LogP contribution in [0.25, 0.3) is 0 Å². The van der Waals surface area contributed by atoms with Crippen LogP contribution >= 0.6 is 0 Å². The van der Waals surface area contributed by atoms with Gasteiger partial charge in [0.25, 0.3) is 0 Å². The molecule has 108 valence electrons. The SMILES string of the molecule is COc1cc(C2CC2)ccc1N1CCN(C(C)=O)CC1. The van der Waals surface area contributed by atoms with Crippen molar-refractivity contribution in [3.63, 3.8) is 0 Å². The number of carbonyl (C=O) groups excluding carboxylic acids is 1. The van der Waals surface area contributed by atoms with Crippen LogP contribution in [-0.4, -0.2) is 44.1 Å². The van der Waals surface area contributed by atoms with Gasteiger partial charge in [-0.3, -0.25) is 4.79 Å². The highest BCUT2D eigenvalue weighted by molar-refractivity contribution is 5.73. The molecule has 0 aromatic heterocycles. The number of piperazine rings is 1. The van der Waals surface area contributed by atoms with E-state index in [2.05, 4.69) is 23.1 Å². The van der Waals surface area contributed by atoms with Gasteiger partial charge in [-0.15, -0.1) is 0 Å². The van der Waals surface area contributed by atoms with Crippen molar-refractivity contribution in [1.82, 2.24) is 4.90 Å². The molecule has 1 aromatic rings. The normalized spacial score (nSPS) is 19.1. The lowest BCUT2D eigenvalue weighted by molar-refractivity contribution is -0.129. The number of benzene rings is 1. The summed E-state index contributed by atoms with van der Waals surface area (Å²) in [7, 11) is 1.74. The molecule has 4 heteroatoms. The first-order valence-electron chi connectivity index (χ1n) is 7.37. The molecule has 0 atom stereocenters. The van der Waals surface area contributed by atoms with Gasteiger partial charge in [0.1, 0.15) is 5.75 Å². The maximum absolute atomic E-state index is 11.4. The lowest BCUT2D eigenvalue weighted by atomic mass is 10.1. The standard InChI is InChI=1S/C16H22N2O2/c1-12(19)17-7-9-18(10-8-17)15-6-5-14(13-3-4-13)11-16(15)20-2/h5-6,11,13H,3-4,7-10H2,1-2H3. The first-order valence-corrected chi connectivity index (χ1v) is 7.37. The molecule has 1 amide bonds. The van der Waals surface area contributed by atoms with Gasteiger partial charge in [-0.1, -0.05) is 6.07 Å². The summed E-state index contributed by atoms with van der Waals surface area (Å²) >= 11 is 0. The largest absolute Gasteiger partial charge is 0.495 e. The maximum atomic E-state index is 11.4. The van der Waals surface area contributed by atoms with Crippen LogP contribution in [-0.2, 0) is 4.79 Å². The number of rotatable bonds is 3. The van der Waals surface area contributed by atoms with Crippen molar-refractivity contribution < 1.29 is 9.53 Å². The fraction of sp³-hybridized carbons (Fsp3) is 0.562. The van der Waals surface area contributed by atoms with Crippen LogP contribution < -0.4 is 9.64 Å². The number of anilines is 1. The van der Waals surface area contributed by atoms with E-state index in [0.717, 1.165) is 43.5 Å². The smallest absolute Gasteiger partial charge is 0.219 e. The number of nitrogens with zero attached hydrogens (tertiary/aromatic N) is 2. The second kappa shape index (κ2) is 5.35. The third-order valence-electron chi connectivity index (χ3n) is 4.32. The summed E-state index contributed by atoms with van der Waals surface area (Å²) in [6.07, 6.45) is 2.61. The lowest BCUT2D eigenvalue weighted by Crippen LogP contribution is -2.48. The third kappa shape index (κ3) is 2.60. The van der Waals surface area contributed by atoms with Crippen LogP contribution in [0.2, 0.25) is 0 Å². The summed E-state index contributed by atoms with van der Waals surface area (Å²) in [5.41, 5.74) is 2.55. The van der Waals surface area contributed by atoms with E-state index in [1.54, 1.807) is 14.0 Å². The molecule has 0 spiro atoms. The van der Waals surface area contributed by atoms with Crippen molar-refractivity contribution in [3.05, 3.63) is 23.8 Å². The summed E-state index contributed by atoms with van der Waals surface area (Å²) in [5, 5.41) is 0. The Bertz CT molecular complexity index is 503. The Morgan fingerprint density at radius 1 is 1.20 bits per heavy atom. The molecule has 20 heavy (non-hydrogen) atoms. The highest BCUT2D eigenvalue weighted by Gasteiger charge is 2.26. The molecule has 0 bridgehead atoms. The number of hydrogen-bond acceptors (Lipinski definition) is 3. The quantitative estimate of drug-likeness (QED) is 0.847. The third-order valence-corrected chi connectivity index (χ3v) is 4.32. The summed E-state index contributed by atoms with van der Waals surface area (Å²) in [6, 6.07) is 6.59. The van der Waals surface area contributed by atoms with Gasteiger partial charge in [0.2, 0.25) is 5.91 Å². The average molecular weight is 274 g/mol. The minimum Gasteiger partial charge on any atom is -0.495 e. The van der Waals surface area contributed by atoms with Crippen molar-refractivity contribution in [1.29, 1.82) is 0 Å². The summed E-state index contributed by atoms with van der Waals surface area (Å²) in [6.45, 7) is 4.98. The fourth-order valence-electron chi connectivity index (χ4n) is 2.89. The summed E-state index contributed by atoms with van der Waals surface area (Å²) in [4.78, 5) is 15.6. The predicted octanol–water partition coefficient (Wildman–Crippen LogP) is 2.24. The van der Waals surface area contributed by atoms with Gasteiger partial charge in [0.15, 0.2) is 0 Å². The molecule has 0 unspecified atom stereocenters. The Balaban J connectivity index is 1.75. The molecule has 1 heterocycles. The first-order chi connectivity index (χ1) is 9.69. The number of carbonyl (C=O) groups is 1. The van der Waals surface area contributed by atoms with Gasteiger partial charge in [0.05, 0.1) is 12.8 Å². The molecule has 1 aromatic carbocycles. The highest BCUT2D eigenvalue weighted by Crippen LogP contribution is 2.43. The van der Waals surface area contributed by atoms with Crippen molar-refractivity contribution >= 4 is 11.6 Å². The van der Waals surface area contributed by atoms with E-state index in [9.17, 15) is 4.79 Å². The number of hydrogen-bond donors (Lipinski definition) is 0. The summed E-state index contributed by atoms with van der Waals surface area (Å²) in [5.74, 6) is 1.87. The number of methoxy groups -OCH3 is 1. The van der Waals surface area contributed by atoms with E-state index >= 15 is 0 Å². The predicted molar refractivity (Wildman–Crippen MR) is 79.4 cm³/mol. The zero-order valence-electron chi connectivity index (χ0n) is 12.3. The van der Waals surface area contributed by atoms with Gasteiger partial charge in [0, 0.05) is 33.1 Å². The van der Waals surface area contributed by atoms with Gasteiger partial charge in [-0.2, -0.15) is 0 Å². The van der Waals surface area contributed by atoms with Crippen LogP contribution in [0.5, 0.6) is 5.75 Å². The van der Waals surface area contributed by atoms with Gasteiger partial charge >= 0.3 is 0 Å². The van der Waals surface area contributed by atoms with E-state index < -0.39 is 0 Å². The van der Waals surface area contributed by atoms with Crippen molar-refractivity contribution in [2.75, 3.05) is 38.2 Å². The van der Waals surface area contributed by atoms with Gasteiger partial charge < -0.3 is 14.5 Å². The van der Waals surface area contributed by atoms with Crippen molar-refractivity contribution in [2.45, 2.75) is 25.7 Å². The Morgan fingerprint density at radius 2 is 1.90 bits per heavy atom. The zero-order valence-corrected chi connectivity index (χ0v) is 12.3. The molecule has 3 rings (SSSR count). The van der Waals surface area contributed by atoms with Crippen LogP contribution in [0.4, 0.5) is 5.69 Å². The van der Waals surface area contributed by atoms with E-state index in [1.807, 2.05) is 4.90 Å². The second-order valence-electron chi connectivity index (χ2n) is 5.70. The molecule has 2 aliphatic rings. The van der Waals surface area contributed by atoms with Crippen LogP contribution in [0.1, 0.15) is 31.2 Å². The molecule has 0 radical (unpaired) electrons. The Kier molecular flexibility index (Phi) is 3.55. The molecule has 1 saturated heterocycles. The Morgan fingerprint density at radius 3 is 2.45 bits per heavy atom. The molecule has 1 saturated carbocycles. The van der Waals surface area contributed by atoms with E-state index in [4.69, 9.17) is 4.74 Å². The van der Waals surface area contributed by atoms with Crippen molar-refractivity contribution in [2.24, 2.45) is 0 Å². The molecule has 4 nitrogen and oxygen atoms in total.